The third-order valence-corrected chi connectivity index (χ3v) is 1.29. The number of aromatic hydroxyl groups is 1. The zero-order valence-electron chi connectivity index (χ0n) is 6.57. The summed E-state index contributed by atoms with van der Waals surface area (Å²) >= 11 is 0. The highest BCUT2D eigenvalue weighted by Gasteiger charge is 2.02. The zero-order valence-corrected chi connectivity index (χ0v) is 6.57. The first kappa shape index (κ1) is 10.4. The monoisotopic (exact) mass is 170 g/mol. The second kappa shape index (κ2) is 4.35. The molecule has 0 aliphatic heterocycles. The van der Waals surface area contributed by atoms with E-state index in [9.17, 15) is 4.79 Å². The van der Waals surface area contributed by atoms with E-state index in [2.05, 4.69) is 4.74 Å². The minimum atomic E-state index is -0.398. The molecule has 0 saturated heterocycles. The third kappa shape index (κ3) is 2.25. The van der Waals surface area contributed by atoms with E-state index in [1.165, 1.54) is 31.4 Å². The molecule has 4 heteroatoms. The lowest BCUT2D eigenvalue weighted by Crippen LogP contribution is -1.99. The number of benzene rings is 1. The first-order chi connectivity index (χ1) is 5.24. The molecule has 12 heavy (non-hydrogen) atoms. The van der Waals surface area contributed by atoms with Gasteiger partial charge in [0.2, 0.25) is 0 Å². The van der Waals surface area contributed by atoms with Gasteiger partial charge in [-0.15, -0.1) is 0 Å². The zero-order chi connectivity index (χ0) is 8.27. The molecule has 3 N–H and O–H groups in total. The van der Waals surface area contributed by atoms with E-state index in [1.54, 1.807) is 0 Å². The predicted octanol–water partition coefficient (Wildman–Crippen LogP) is 0.354. The molecule has 0 amide bonds. The SMILES string of the molecule is COC(=O)c1ccc(O)cc1.O. The Morgan fingerprint density at radius 3 is 2.25 bits per heavy atom. The highest BCUT2D eigenvalue weighted by molar-refractivity contribution is 5.89. The minimum Gasteiger partial charge on any atom is -0.508 e. The van der Waals surface area contributed by atoms with Gasteiger partial charge in [-0.3, -0.25) is 0 Å². The summed E-state index contributed by atoms with van der Waals surface area (Å²) in [7, 11) is 1.31. The Morgan fingerprint density at radius 1 is 1.33 bits per heavy atom. The number of rotatable bonds is 1. The molecule has 1 rings (SSSR count). The predicted molar refractivity (Wildman–Crippen MR) is 43.1 cm³/mol. The van der Waals surface area contributed by atoms with Crippen LogP contribution in [-0.2, 0) is 4.74 Å². The smallest absolute Gasteiger partial charge is 0.337 e. The molecule has 1 aromatic rings. The number of hydrogen-bond donors (Lipinski definition) is 1. The highest BCUT2D eigenvalue weighted by Crippen LogP contribution is 2.09. The van der Waals surface area contributed by atoms with Crippen molar-refractivity contribution in [2.45, 2.75) is 0 Å². The van der Waals surface area contributed by atoms with Crippen LogP contribution in [-0.4, -0.2) is 23.7 Å². The number of phenolic OH excluding ortho intramolecular Hbond substituents is 1. The van der Waals surface area contributed by atoms with Gasteiger partial charge in [-0.05, 0) is 24.3 Å². The maximum Gasteiger partial charge on any atom is 0.337 e. The van der Waals surface area contributed by atoms with E-state index in [0.29, 0.717) is 5.56 Å². The molecule has 66 valence electrons. The Labute approximate surface area is 69.7 Å². The second-order valence-electron chi connectivity index (χ2n) is 2.04. The molecular formula is C8H10O4. The molecule has 0 aliphatic rings. The van der Waals surface area contributed by atoms with Gasteiger partial charge in [0.15, 0.2) is 0 Å². The van der Waals surface area contributed by atoms with Crippen LogP contribution in [0.3, 0.4) is 0 Å². The fourth-order valence-corrected chi connectivity index (χ4v) is 0.715. The number of ether oxygens (including phenoxy) is 1. The molecule has 0 unspecified atom stereocenters. The van der Waals surface area contributed by atoms with Crippen molar-refractivity contribution in [3.05, 3.63) is 29.8 Å². The van der Waals surface area contributed by atoms with Gasteiger partial charge in [0.05, 0.1) is 12.7 Å². The molecule has 0 atom stereocenters. The van der Waals surface area contributed by atoms with Crippen molar-refractivity contribution < 1.29 is 20.1 Å². The number of hydrogen-bond acceptors (Lipinski definition) is 3. The Morgan fingerprint density at radius 2 is 1.83 bits per heavy atom. The number of carbonyl (C=O) groups excluding carboxylic acids is 1. The van der Waals surface area contributed by atoms with Crippen LogP contribution in [0.15, 0.2) is 24.3 Å². The Bertz CT molecular complexity index is 252. The first-order valence-corrected chi connectivity index (χ1v) is 3.11. The van der Waals surface area contributed by atoms with Gasteiger partial charge in [0.25, 0.3) is 0 Å². The molecule has 4 nitrogen and oxygen atoms in total. The highest BCUT2D eigenvalue weighted by atomic mass is 16.5. The molecule has 0 bridgehead atoms. The summed E-state index contributed by atoms with van der Waals surface area (Å²) < 4.78 is 4.46. The summed E-state index contributed by atoms with van der Waals surface area (Å²) in [4.78, 5) is 10.8. The number of carbonyl (C=O) groups is 1. The summed E-state index contributed by atoms with van der Waals surface area (Å²) in [5.41, 5.74) is 0.435. The van der Waals surface area contributed by atoms with Crippen molar-refractivity contribution in [3.63, 3.8) is 0 Å². The second-order valence-corrected chi connectivity index (χ2v) is 2.04. The van der Waals surface area contributed by atoms with Crippen molar-refractivity contribution in [2.75, 3.05) is 7.11 Å². The minimum absolute atomic E-state index is 0. The van der Waals surface area contributed by atoms with Crippen LogP contribution in [0.4, 0.5) is 0 Å². The molecular weight excluding hydrogens is 160 g/mol. The van der Waals surface area contributed by atoms with Crippen LogP contribution < -0.4 is 0 Å². The van der Waals surface area contributed by atoms with Gasteiger partial charge in [0.1, 0.15) is 5.75 Å². The fourth-order valence-electron chi connectivity index (χ4n) is 0.715. The quantitative estimate of drug-likeness (QED) is 0.618. The topological polar surface area (TPSA) is 78.0 Å². The number of methoxy groups -OCH3 is 1. The number of esters is 1. The molecule has 0 radical (unpaired) electrons. The third-order valence-electron chi connectivity index (χ3n) is 1.29. The average Bonchev–Trinajstić information content (AvgIpc) is 2.05. The van der Waals surface area contributed by atoms with Gasteiger partial charge in [0, 0.05) is 0 Å². The van der Waals surface area contributed by atoms with Crippen molar-refractivity contribution >= 4 is 5.97 Å². The van der Waals surface area contributed by atoms with Crippen molar-refractivity contribution in [1.29, 1.82) is 0 Å². The molecule has 0 fully saturated rings. The Balaban J connectivity index is 0.00000121. The van der Waals surface area contributed by atoms with Crippen LogP contribution in [0, 0.1) is 0 Å². The summed E-state index contributed by atoms with van der Waals surface area (Å²) in [5.74, 6) is -0.261. The standard InChI is InChI=1S/C8H8O3.H2O/c1-11-8(10)6-2-4-7(9)5-3-6;/h2-5,9H,1H3;1H2. The largest absolute Gasteiger partial charge is 0.508 e. The molecule has 0 saturated carbocycles. The van der Waals surface area contributed by atoms with Crippen LogP contribution in [0.2, 0.25) is 0 Å². The van der Waals surface area contributed by atoms with Crippen LogP contribution >= 0.6 is 0 Å². The van der Waals surface area contributed by atoms with Crippen LogP contribution in [0.25, 0.3) is 0 Å². The average molecular weight is 170 g/mol. The number of phenols is 1. The van der Waals surface area contributed by atoms with E-state index >= 15 is 0 Å². The van der Waals surface area contributed by atoms with Gasteiger partial charge in [-0.2, -0.15) is 0 Å². The first-order valence-electron chi connectivity index (χ1n) is 3.11. The Kier molecular flexibility index (Phi) is 3.79. The lowest BCUT2D eigenvalue weighted by molar-refractivity contribution is 0.0600. The normalized spacial score (nSPS) is 8.42. The lowest BCUT2D eigenvalue weighted by Gasteiger charge is -1.97. The van der Waals surface area contributed by atoms with E-state index in [1.807, 2.05) is 0 Å². The van der Waals surface area contributed by atoms with E-state index in [4.69, 9.17) is 5.11 Å². The maximum absolute atomic E-state index is 10.8. The summed E-state index contributed by atoms with van der Waals surface area (Å²) in [6.07, 6.45) is 0. The summed E-state index contributed by atoms with van der Waals surface area (Å²) in [5, 5.41) is 8.86. The molecule has 1 aromatic carbocycles. The maximum atomic E-state index is 10.8. The Hall–Kier alpha value is -1.55. The van der Waals surface area contributed by atoms with Crippen molar-refractivity contribution in [1.82, 2.24) is 0 Å². The van der Waals surface area contributed by atoms with Crippen LogP contribution in [0.1, 0.15) is 10.4 Å². The molecule has 0 heterocycles. The van der Waals surface area contributed by atoms with Gasteiger partial charge in [-0.25, -0.2) is 4.79 Å². The van der Waals surface area contributed by atoms with Gasteiger partial charge in [-0.1, -0.05) is 0 Å². The lowest BCUT2D eigenvalue weighted by atomic mass is 10.2. The van der Waals surface area contributed by atoms with E-state index < -0.39 is 5.97 Å². The molecule has 0 spiro atoms. The van der Waals surface area contributed by atoms with E-state index in [0.717, 1.165) is 0 Å². The molecule has 0 aromatic heterocycles. The fraction of sp³-hybridized carbons (Fsp3) is 0.125. The van der Waals surface area contributed by atoms with Crippen molar-refractivity contribution in [3.8, 4) is 5.75 Å². The van der Waals surface area contributed by atoms with Gasteiger partial charge < -0.3 is 15.3 Å². The summed E-state index contributed by atoms with van der Waals surface area (Å²) in [6, 6.07) is 5.88. The summed E-state index contributed by atoms with van der Waals surface area (Å²) in [6.45, 7) is 0. The van der Waals surface area contributed by atoms with E-state index in [-0.39, 0.29) is 11.2 Å². The molecule has 0 aliphatic carbocycles. The van der Waals surface area contributed by atoms with Crippen LogP contribution in [0.5, 0.6) is 5.75 Å². The van der Waals surface area contributed by atoms with Crippen molar-refractivity contribution in [2.24, 2.45) is 0 Å². The van der Waals surface area contributed by atoms with Gasteiger partial charge >= 0.3 is 5.97 Å².